The highest BCUT2D eigenvalue weighted by molar-refractivity contribution is 5.75. The molecule has 0 unspecified atom stereocenters. The average molecular weight is 356 g/mol. The van der Waals surface area contributed by atoms with Crippen LogP contribution >= 0.6 is 0 Å². The second kappa shape index (κ2) is 15.1. The zero-order chi connectivity index (χ0) is 19.0. The van der Waals surface area contributed by atoms with Gasteiger partial charge in [-0.2, -0.15) is 0 Å². The van der Waals surface area contributed by atoms with Gasteiger partial charge < -0.3 is 15.2 Å². The van der Waals surface area contributed by atoms with Crippen molar-refractivity contribution in [3.05, 3.63) is 6.42 Å². The number of carbonyl (C=O) groups is 2. The molecule has 0 heterocycles. The third kappa shape index (κ3) is 14.8. The number of nitrogens with one attached hydrogen (secondary N) is 1. The van der Waals surface area contributed by atoms with Crippen LogP contribution in [0, 0.1) is 6.42 Å². The highest BCUT2D eigenvalue weighted by Gasteiger charge is 2.22. The molecule has 0 rings (SSSR count). The summed E-state index contributed by atoms with van der Waals surface area (Å²) in [5.74, 6) is 0.0472. The lowest BCUT2D eigenvalue weighted by molar-refractivity contribution is -0.833. The fraction of sp³-hybridized carbons (Fsp3) is 0.850. The number of nitrogens with zero attached hydrogens (tertiary/aromatic N) is 1. The third-order valence-corrected chi connectivity index (χ3v) is 4.53. The largest absolute Gasteiger partial charge is 0.498 e. The Morgan fingerprint density at radius 1 is 0.880 bits per heavy atom. The Kier molecular flexibility index (Phi) is 14.3. The monoisotopic (exact) mass is 355 g/mol. The van der Waals surface area contributed by atoms with Crippen LogP contribution in [0.5, 0.6) is 0 Å². The smallest absolute Gasteiger partial charge is 0.260 e. The minimum Gasteiger partial charge on any atom is -0.498 e. The Bertz CT molecular complexity index is 357. The van der Waals surface area contributed by atoms with Crippen LogP contribution in [0.1, 0.15) is 84.0 Å². The summed E-state index contributed by atoms with van der Waals surface area (Å²) in [5, 5.41) is 13.6. The van der Waals surface area contributed by atoms with Crippen LogP contribution in [0.3, 0.4) is 0 Å². The molecular weight excluding hydrogens is 316 g/mol. The molecule has 0 aromatic carbocycles. The molecule has 5 nitrogen and oxygen atoms in total. The van der Waals surface area contributed by atoms with E-state index < -0.39 is 6.09 Å². The van der Waals surface area contributed by atoms with Gasteiger partial charge in [0.1, 0.15) is 0 Å². The minimum absolute atomic E-state index is 0.0472. The molecule has 0 aliphatic heterocycles. The van der Waals surface area contributed by atoms with Crippen LogP contribution in [0.4, 0.5) is 4.79 Å². The molecule has 0 atom stereocenters. The molecule has 0 spiro atoms. The van der Waals surface area contributed by atoms with E-state index in [4.69, 9.17) is 0 Å². The Labute approximate surface area is 154 Å². The van der Waals surface area contributed by atoms with Gasteiger partial charge in [0.15, 0.2) is 13.0 Å². The van der Waals surface area contributed by atoms with Crippen molar-refractivity contribution in [2.24, 2.45) is 0 Å². The van der Waals surface area contributed by atoms with Crippen LogP contribution in [0.25, 0.3) is 0 Å². The Morgan fingerprint density at radius 3 is 1.84 bits per heavy atom. The van der Waals surface area contributed by atoms with E-state index in [9.17, 15) is 14.7 Å². The Balaban J connectivity index is 3.35. The number of hydrogen-bond acceptors (Lipinski definition) is 3. The standard InChI is InChI=1S/C20H38N2O3/c1-4-5-6-7-8-9-10-11-12-13-14-16-19(23)21-17-15-18-22(2,3)20(24)25/h15H,4-14,16-18H2,1-3H3/p+1. The Hall–Kier alpha value is -1.23. The summed E-state index contributed by atoms with van der Waals surface area (Å²) < 4.78 is -0.228. The van der Waals surface area contributed by atoms with Gasteiger partial charge in [0.25, 0.3) is 6.09 Å². The topological polar surface area (TPSA) is 69.2 Å². The molecule has 0 aromatic heterocycles. The molecule has 1 N–H and O–H groups in total. The molecule has 25 heavy (non-hydrogen) atoms. The molecule has 0 radical (unpaired) electrons. The Morgan fingerprint density at radius 2 is 1.36 bits per heavy atom. The van der Waals surface area contributed by atoms with E-state index >= 15 is 0 Å². The van der Waals surface area contributed by atoms with Crippen molar-refractivity contribution in [1.29, 1.82) is 0 Å². The first kappa shape index (κ1) is 23.8. The van der Waals surface area contributed by atoms with Crippen molar-refractivity contribution < 1.29 is 19.2 Å². The normalized spacial score (nSPS) is 11.3. The fourth-order valence-corrected chi connectivity index (χ4v) is 2.69. The molecule has 0 saturated carbocycles. The van der Waals surface area contributed by atoms with Crippen LogP contribution in [-0.4, -0.2) is 43.7 Å². The fourth-order valence-electron chi connectivity index (χ4n) is 2.69. The van der Waals surface area contributed by atoms with Crippen molar-refractivity contribution in [2.75, 3.05) is 27.2 Å². The third-order valence-electron chi connectivity index (χ3n) is 4.53. The lowest BCUT2D eigenvalue weighted by atomic mass is 10.1. The molecule has 2 amide bonds. The molecule has 0 bridgehead atoms. The summed E-state index contributed by atoms with van der Waals surface area (Å²) in [6, 6.07) is 0. The maximum atomic E-state index is 11.7. The van der Waals surface area contributed by atoms with E-state index in [1.807, 2.05) is 0 Å². The van der Waals surface area contributed by atoms with Crippen molar-refractivity contribution in [2.45, 2.75) is 84.0 Å². The maximum Gasteiger partial charge on any atom is 0.260 e. The number of amides is 2. The first-order chi connectivity index (χ1) is 11.9. The van der Waals surface area contributed by atoms with Crippen molar-refractivity contribution in [3.63, 3.8) is 0 Å². The molecule has 0 fully saturated rings. The van der Waals surface area contributed by atoms with Gasteiger partial charge in [-0.25, -0.2) is 4.48 Å². The lowest BCUT2D eigenvalue weighted by Crippen LogP contribution is -2.54. The molecule has 146 valence electrons. The van der Waals surface area contributed by atoms with Gasteiger partial charge in [-0.15, -0.1) is 0 Å². The lowest BCUT2D eigenvalue weighted by Gasteiger charge is -2.24. The van der Waals surface area contributed by atoms with Crippen LogP contribution in [0.2, 0.25) is 0 Å². The molecule has 5 heteroatoms. The van der Waals surface area contributed by atoms with Crippen molar-refractivity contribution in [3.8, 4) is 0 Å². The van der Waals surface area contributed by atoms with Gasteiger partial charge in [-0.1, -0.05) is 71.1 Å². The van der Waals surface area contributed by atoms with Gasteiger partial charge in [-0.3, -0.25) is 4.79 Å². The summed E-state index contributed by atoms with van der Waals surface area (Å²) in [4.78, 5) is 22.5. The number of carboxylic acid groups (broad SMARTS) is 1. The molecule has 0 aliphatic rings. The number of quaternary nitrogens is 1. The van der Waals surface area contributed by atoms with Crippen LogP contribution < -0.4 is 10.4 Å². The molecule has 0 aliphatic carbocycles. The number of rotatable bonds is 16. The SMILES string of the molecule is CCCCCCCCCCCCCC(=O)NC[CH+]C[N+](C)(C)C(=O)[O-]. The van der Waals surface area contributed by atoms with Gasteiger partial charge in [0, 0.05) is 6.42 Å². The summed E-state index contributed by atoms with van der Waals surface area (Å²) in [6.45, 7) is 2.99. The molecule has 0 aromatic rings. The molecular formula is C20H39N2O3+. The van der Waals surface area contributed by atoms with E-state index in [0.29, 0.717) is 19.5 Å². The van der Waals surface area contributed by atoms with Gasteiger partial charge in [-0.05, 0) is 6.42 Å². The highest BCUT2D eigenvalue weighted by Crippen LogP contribution is 2.11. The summed E-state index contributed by atoms with van der Waals surface area (Å²) in [6.07, 6.45) is 15.2. The molecule has 0 saturated heterocycles. The predicted octanol–water partition coefficient (Wildman–Crippen LogP) is 3.43. The van der Waals surface area contributed by atoms with E-state index in [1.165, 1.54) is 57.8 Å². The zero-order valence-electron chi connectivity index (χ0n) is 16.6. The number of hydrogen-bond donors (Lipinski definition) is 1. The maximum absolute atomic E-state index is 11.7. The second-order valence-electron chi connectivity index (χ2n) is 7.51. The number of unbranched alkanes of at least 4 members (excludes halogenated alkanes) is 10. The van der Waals surface area contributed by atoms with Gasteiger partial charge in [0.05, 0.1) is 14.1 Å². The van der Waals surface area contributed by atoms with E-state index in [2.05, 4.69) is 12.2 Å². The zero-order valence-corrected chi connectivity index (χ0v) is 16.6. The summed E-state index contributed by atoms with van der Waals surface area (Å²) in [7, 11) is 3.14. The van der Waals surface area contributed by atoms with Gasteiger partial charge >= 0.3 is 0 Å². The first-order valence-corrected chi connectivity index (χ1v) is 10.0. The van der Waals surface area contributed by atoms with Crippen molar-refractivity contribution in [1.82, 2.24) is 5.32 Å². The summed E-state index contributed by atoms with van der Waals surface area (Å²) in [5.41, 5.74) is 0. The van der Waals surface area contributed by atoms with Crippen LogP contribution in [-0.2, 0) is 4.79 Å². The average Bonchev–Trinajstić information content (AvgIpc) is 2.56. The van der Waals surface area contributed by atoms with Crippen molar-refractivity contribution >= 4 is 12.0 Å². The van der Waals surface area contributed by atoms with E-state index in [1.54, 1.807) is 20.5 Å². The van der Waals surface area contributed by atoms with Gasteiger partial charge in [0.2, 0.25) is 12.5 Å². The predicted molar refractivity (Wildman–Crippen MR) is 101 cm³/mol. The second-order valence-corrected chi connectivity index (χ2v) is 7.51. The van der Waals surface area contributed by atoms with E-state index in [0.717, 1.165) is 12.8 Å². The highest BCUT2D eigenvalue weighted by atomic mass is 16.4. The number of carbonyl (C=O) groups excluding carboxylic acids is 2. The first-order valence-electron chi connectivity index (χ1n) is 10.0. The van der Waals surface area contributed by atoms with Crippen LogP contribution in [0.15, 0.2) is 0 Å². The van der Waals surface area contributed by atoms with E-state index in [-0.39, 0.29) is 10.4 Å². The quantitative estimate of drug-likeness (QED) is 0.262. The minimum atomic E-state index is -1.12. The summed E-state index contributed by atoms with van der Waals surface area (Å²) >= 11 is 0.